The Kier molecular flexibility index (Phi) is 5.83. The molecule has 0 fully saturated rings. The van der Waals surface area contributed by atoms with Crippen LogP contribution in [0.4, 0.5) is 4.39 Å². The first kappa shape index (κ1) is 18.6. The van der Waals surface area contributed by atoms with Gasteiger partial charge in [0, 0.05) is 4.88 Å². The number of benzene rings is 2. The second-order valence-electron chi connectivity index (χ2n) is 5.53. The molecule has 0 aliphatic heterocycles. The molecule has 1 heterocycles. The average Bonchev–Trinajstić information content (AvgIpc) is 3.15. The van der Waals surface area contributed by atoms with Crippen LogP contribution in [0.25, 0.3) is 10.4 Å². The van der Waals surface area contributed by atoms with Crippen LogP contribution in [-0.2, 0) is 0 Å². The molecule has 2 aromatic carbocycles. The molecule has 1 aromatic heterocycles. The van der Waals surface area contributed by atoms with E-state index in [4.69, 9.17) is 4.74 Å². The number of amides is 1. The van der Waals surface area contributed by atoms with Crippen molar-refractivity contribution in [1.29, 1.82) is 0 Å². The van der Waals surface area contributed by atoms with Crippen LogP contribution in [0.15, 0.2) is 59.7 Å². The van der Waals surface area contributed by atoms with Crippen molar-refractivity contribution in [2.75, 3.05) is 6.61 Å². The maximum absolute atomic E-state index is 13.0. The van der Waals surface area contributed by atoms with Crippen LogP contribution < -0.4 is 10.2 Å². The Labute approximate surface area is 159 Å². The van der Waals surface area contributed by atoms with Crippen LogP contribution in [0.1, 0.15) is 22.2 Å². The second kappa shape index (κ2) is 8.46. The van der Waals surface area contributed by atoms with Crippen molar-refractivity contribution in [3.8, 4) is 21.9 Å². The molecule has 0 bridgehead atoms. The number of halogens is 1. The first-order valence-electron chi connectivity index (χ1n) is 8.22. The Morgan fingerprint density at radius 2 is 2.00 bits per heavy atom. The second-order valence-corrected chi connectivity index (χ2v) is 6.61. The summed E-state index contributed by atoms with van der Waals surface area (Å²) in [5, 5.41) is 13.6. The van der Waals surface area contributed by atoms with Gasteiger partial charge in [0.05, 0.1) is 17.7 Å². The van der Waals surface area contributed by atoms with E-state index < -0.39 is 0 Å². The largest absolute Gasteiger partial charge is 0.504 e. The molecular formula is C20H17FN2O3S. The molecule has 0 aliphatic rings. The molecule has 7 heteroatoms. The van der Waals surface area contributed by atoms with E-state index >= 15 is 0 Å². The van der Waals surface area contributed by atoms with E-state index in [0.29, 0.717) is 22.8 Å². The summed E-state index contributed by atoms with van der Waals surface area (Å²) in [5.41, 5.74) is 3.98. The number of aromatic hydroxyl groups is 1. The van der Waals surface area contributed by atoms with Crippen molar-refractivity contribution in [2.45, 2.75) is 6.92 Å². The highest BCUT2D eigenvalue weighted by atomic mass is 32.1. The Morgan fingerprint density at radius 3 is 2.74 bits per heavy atom. The molecular weight excluding hydrogens is 367 g/mol. The van der Waals surface area contributed by atoms with Crippen LogP contribution in [0.2, 0.25) is 0 Å². The Bertz CT molecular complexity index is 968. The van der Waals surface area contributed by atoms with Gasteiger partial charge in [-0.15, -0.1) is 11.3 Å². The fourth-order valence-corrected chi connectivity index (χ4v) is 3.23. The SMILES string of the molecule is CCOc1cc(/C=N/NC(=O)c2ccc(-c3ccc(F)cc3)s2)ccc1O. The summed E-state index contributed by atoms with van der Waals surface area (Å²) in [4.78, 5) is 13.6. The van der Waals surface area contributed by atoms with Crippen LogP contribution >= 0.6 is 11.3 Å². The average molecular weight is 384 g/mol. The van der Waals surface area contributed by atoms with Crippen molar-refractivity contribution in [1.82, 2.24) is 5.43 Å². The van der Waals surface area contributed by atoms with Gasteiger partial charge in [0.25, 0.3) is 5.91 Å². The number of thiophene rings is 1. The van der Waals surface area contributed by atoms with Crippen LogP contribution in [-0.4, -0.2) is 23.8 Å². The van der Waals surface area contributed by atoms with Crippen molar-refractivity contribution in [3.63, 3.8) is 0 Å². The number of hydrogen-bond donors (Lipinski definition) is 2. The van der Waals surface area contributed by atoms with E-state index in [2.05, 4.69) is 10.5 Å². The normalized spacial score (nSPS) is 10.9. The lowest BCUT2D eigenvalue weighted by atomic mass is 10.2. The molecule has 0 unspecified atom stereocenters. The summed E-state index contributed by atoms with van der Waals surface area (Å²) in [6, 6.07) is 14.4. The van der Waals surface area contributed by atoms with E-state index in [9.17, 15) is 14.3 Å². The molecule has 3 rings (SSSR count). The van der Waals surface area contributed by atoms with Gasteiger partial charge in [-0.25, -0.2) is 9.82 Å². The van der Waals surface area contributed by atoms with Gasteiger partial charge < -0.3 is 9.84 Å². The molecule has 0 saturated heterocycles. The maximum atomic E-state index is 13.0. The highest BCUT2D eigenvalue weighted by Crippen LogP contribution is 2.28. The van der Waals surface area contributed by atoms with Crippen molar-refractivity contribution >= 4 is 23.5 Å². The Morgan fingerprint density at radius 1 is 1.22 bits per heavy atom. The summed E-state index contributed by atoms with van der Waals surface area (Å²) < 4.78 is 18.3. The molecule has 27 heavy (non-hydrogen) atoms. The quantitative estimate of drug-likeness (QED) is 0.488. The first-order chi connectivity index (χ1) is 13.1. The van der Waals surface area contributed by atoms with Gasteiger partial charge in [-0.1, -0.05) is 12.1 Å². The minimum atomic E-state index is -0.339. The molecule has 0 radical (unpaired) electrons. The first-order valence-corrected chi connectivity index (χ1v) is 9.03. The topological polar surface area (TPSA) is 70.9 Å². The van der Waals surface area contributed by atoms with Gasteiger partial charge in [-0.3, -0.25) is 4.79 Å². The number of nitrogens with one attached hydrogen (secondary N) is 1. The van der Waals surface area contributed by atoms with E-state index in [1.807, 2.05) is 13.0 Å². The lowest BCUT2D eigenvalue weighted by molar-refractivity contribution is 0.0959. The van der Waals surface area contributed by atoms with Crippen LogP contribution in [0.3, 0.4) is 0 Å². The third-order valence-electron chi connectivity index (χ3n) is 3.62. The maximum Gasteiger partial charge on any atom is 0.281 e. The molecule has 1 amide bonds. The monoisotopic (exact) mass is 384 g/mol. The molecule has 3 aromatic rings. The van der Waals surface area contributed by atoms with Gasteiger partial charge in [0.2, 0.25) is 0 Å². The summed E-state index contributed by atoms with van der Waals surface area (Å²) in [6.07, 6.45) is 1.47. The van der Waals surface area contributed by atoms with Crippen LogP contribution in [0, 0.1) is 5.82 Å². The molecule has 0 spiro atoms. The predicted molar refractivity (Wildman–Crippen MR) is 104 cm³/mol. The Balaban J connectivity index is 1.65. The third-order valence-corrected chi connectivity index (χ3v) is 4.76. The van der Waals surface area contributed by atoms with Crippen molar-refractivity contribution in [2.24, 2.45) is 5.10 Å². The van der Waals surface area contributed by atoms with Gasteiger partial charge in [-0.2, -0.15) is 5.10 Å². The van der Waals surface area contributed by atoms with E-state index in [-0.39, 0.29) is 17.5 Å². The number of carbonyl (C=O) groups excluding carboxylic acids is 1. The number of rotatable bonds is 6. The number of hydrogen-bond acceptors (Lipinski definition) is 5. The number of hydrazone groups is 1. The number of nitrogens with zero attached hydrogens (tertiary/aromatic N) is 1. The molecule has 0 atom stereocenters. The minimum Gasteiger partial charge on any atom is -0.504 e. The molecule has 5 nitrogen and oxygen atoms in total. The lowest BCUT2D eigenvalue weighted by Crippen LogP contribution is -2.16. The van der Waals surface area contributed by atoms with Gasteiger partial charge >= 0.3 is 0 Å². The molecule has 138 valence electrons. The van der Waals surface area contributed by atoms with E-state index in [1.54, 1.807) is 30.3 Å². The van der Waals surface area contributed by atoms with Crippen molar-refractivity contribution < 1.29 is 19.0 Å². The molecule has 0 aliphatic carbocycles. The highest BCUT2D eigenvalue weighted by molar-refractivity contribution is 7.17. The zero-order chi connectivity index (χ0) is 19.2. The number of ether oxygens (including phenoxy) is 1. The van der Waals surface area contributed by atoms with Gasteiger partial charge in [0.15, 0.2) is 11.5 Å². The zero-order valence-electron chi connectivity index (χ0n) is 14.5. The standard InChI is InChI=1S/C20H17FN2O3S/c1-2-26-17-11-13(3-8-16(17)24)12-22-23-20(25)19-10-9-18(27-19)14-4-6-15(21)7-5-14/h3-12,24H,2H2,1H3,(H,23,25)/b22-12+. The van der Waals surface area contributed by atoms with E-state index in [1.165, 1.54) is 35.8 Å². The minimum absolute atomic E-state index is 0.0462. The zero-order valence-corrected chi connectivity index (χ0v) is 15.3. The molecule has 0 saturated carbocycles. The third kappa shape index (κ3) is 4.71. The number of phenolic OH excluding ortho intramolecular Hbond substituents is 1. The summed E-state index contributed by atoms with van der Waals surface area (Å²) in [6.45, 7) is 2.25. The highest BCUT2D eigenvalue weighted by Gasteiger charge is 2.10. The number of carbonyl (C=O) groups is 1. The Hall–Kier alpha value is -3.19. The summed E-state index contributed by atoms with van der Waals surface area (Å²) >= 11 is 1.30. The fourth-order valence-electron chi connectivity index (χ4n) is 2.33. The van der Waals surface area contributed by atoms with Crippen molar-refractivity contribution in [3.05, 3.63) is 70.9 Å². The summed E-state index contributed by atoms with van der Waals surface area (Å²) in [5.74, 6) is -0.238. The van der Waals surface area contributed by atoms with E-state index in [0.717, 1.165) is 10.4 Å². The summed E-state index contributed by atoms with van der Waals surface area (Å²) in [7, 11) is 0. The molecule has 2 N–H and O–H groups in total. The van der Waals surface area contributed by atoms with Crippen LogP contribution in [0.5, 0.6) is 11.5 Å². The fraction of sp³-hybridized carbons (Fsp3) is 0.100. The lowest BCUT2D eigenvalue weighted by Gasteiger charge is -2.05. The smallest absolute Gasteiger partial charge is 0.281 e. The number of phenols is 1. The predicted octanol–water partition coefficient (Wildman–Crippen LogP) is 4.42. The van der Waals surface area contributed by atoms with Gasteiger partial charge in [0.1, 0.15) is 5.82 Å². The van der Waals surface area contributed by atoms with Gasteiger partial charge in [-0.05, 0) is 60.5 Å².